The van der Waals surface area contributed by atoms with E-state index in [0.29, 0.717) is 37.1 Å². The number of nitrogens with zero attached hydrogens (tertiary/aromatic N) is 3. The number of aromatic amines is 2. The van der Waals surface area contributed by atoms with Crippen LogP contribution in [0.1, 0.15) is 5.56 Å². The molecule has 140 valence electrons. The summed E-state index contributed by atoms with van der Waals surface area (Å²) in [6, 6.07) is 5.31. The third-order valence-electron chi connectivity index (χ3n) is 4.31. The molecule has 0 aliphatic rings. The van der Waals surface area contributed by atoms with Crippen LogP contribution in [0.2, 0.25) is 0 Å². The van der Waals surface area contributed by atoms with E-state index in [-0.39, 0.29) is 5.75 Å². The maximum atomic E-state index is 9.70. The van der Waals surface area contributed by atoms with Gasteiger partial charge in [-0.25, -0.2) is 4.98 Å². The Morgan fingerprint density at radius 3 is 2.96 bits per heavy atom. The van der Waals surface area contributed by atoms with Gasteiger partial charge in [0.05, 0.1) is 12.9 Å². The van der Waals surface area contributed by atoms with Crippen molar-refractivity contribution in [3.05, 3.63) is 36.3 Å². The highest BCUT2D eigenvalue weighted by Crippen LogP contribution is 2.23. The minimum atomic E-state index is 0.260. The summed E-state index contributed by atoms with van der Waals surface area (Å²) in [6.07, 6.45) is 4.32. The first-order valence-electron chi connectivity index (χ1n) is 8.71. The molecule has 9 nitrogen and oxygen atoms in total. The van der Waals surface area contributed by atoms with Gasteiger partial charge in [-0.05, 0) is 30.2 Å². The lowest BCUT2D eigenvalue weighted by Gasteiger charge is -2.09. The van der Waals surface area contributed by atoms with E-state index in [4.69, 9.17) is 4.74 Å². The quantitative estimate of drug-likeness (QED) is 0.303. The summed E-state index contributed by atoms with van der Waals surface area (Å²) in [5.41, 5.74) is 3.49. The molecule has 0 aliphatic carbocycles. The van der Waals surface area contributed by atoms with Gasteiger partial charge >= 0.3 is 0 Å². The third-order valence-corrected chi connectivity index (χ3v) is 4.31. The molecule has 4 aromatic rings. The zero-order valence-corrected chi connectivity index (χ0v) is 14.9. The molecule has 0 amide bonds. The molecular formula is C18H21N7O2. The number of aromatic nitrogens is 5. The summed E-state index contributed by atoms with van der Waals surface area (Å²) < 4.78 is 5.07. The molecule has 5 N–H and O–H groups in total. The summed E-state index contributed by atoms with van der Waals surface area (Å²) in [6.45, 7) is 1.87. The number of hydrogen-bond acceptors (Lipinski definition) is 7. The summed E-state index contributed by atoms with van der Waals surface area (Å²) in [5.74, 6) is 1.46. The normalized spacial score (nSPS) is 11.3. The number of hydrogen-bond donors (Lipinski definition) is 5. The van der Waals surface area contributed by atoms with Gasteiger partial charge in [0.1, 0.15) is 11.3 Å². The largest absolute Gasteiger partial charge is 0.508 e. The number of aromatic hydroxyl groups is 1. The van der Waals surface area contributed by atoms with Crippen molar-refractivity contribution < 1.29 is 9.84 Å². The molecule has 0 saturated carbocycles. The van der Waals surface area contributed by atoms with Crippen LogP contribution in [0.15, 0.2) is 30.7 Å². The van der Waals surface area contributed by atoms with Gasteiger partial charge in [-0.1, -0.05) is 0 Å². The third kappa shape index (κ3) is 3.63. The average Bonchev–Trinajstić information content (AvgIpc) is 3.29. The number of phenols is 1. The molecule has 27 heavy (non-hydrogen) atoms. The lowest BCUT2D eigenvalue weighted by molar-refractivity contribution is 0.210. The molecular weight excluding hydrogens is 346 g/mol. The van der Waals surface area contributed by atoms with E-state index < -0.39 is 0 Å². The average molecular weight is 367 g/mol. The molecule has 9 heteroatoms. The summed E-state index contributed by atoms with van der Waals surface area (Å²) >= 11 is 0. The number of ether oxygens (including phenoxy) is 1. The fourth-order valence-corrected chi connectivity index (χ4v) is 2.99. The van der Waals surface area contributed by atoms with Gasteiger partial charge in [0.2, 0.25) is 5.95 Å². The molecule has 0 radical (unpaired) electrons. The number of anilines is 2. The topological polar surface area (TPSA) is 124 Å². The van der Waals surface area contributed by atoms with Crippen LogP contribution in [-0.2, 0) is 11.2 Å². The number of benzene rings is 1. The molecule has 3 heterocycles. The highest BCUT2D eigenvalue weighted by molar-refractivity contribution is 5.85. The maximum Gasteiger partial charge on any atom is 0.226 e. The van der Waals surface area contributed by atoms with Crippen molar-refractivity contribution in [2.75, 3.05) is 37.4 Å². The summed E-state index contributed by atoms with van der Waals surface area (Å²) in [5, 5.41) is 17.2. The Hall–Kier alpha value is -3.33. The number of methoxy groups -OCH3 is 1. The number of fused-ring (bicyclic) bond motifs is 2. The molecule has 0 bridgehead atoms. The fourth-order valence-electron chi connectivity index (χ4n) is 2.99. The Bertz CT molecular complexity index is 1060. The van der Waals surface area contributed by atoms with Crippen LogP contribution < -0.4 is 10.6 Å². The van der Waals surface area contributed by atoms with Gasteiger partial charge in [0, 0.05) is 37.3 Å². The van der Waals surface area contributed by atoms with E-state index >= 15 is 0 Å². The van der Waals surface area contributed by atoms with E-state index in [1.165, 1.54) is 0 Å². The van der Waals surface area contributed by atoms with Crippen molar-refractivity contribution in [1.82, 2.24) is 24.9 Å². The van der Waals surface area contributed by atoms with Crippen LogP contribution in [0.25, 0.3) is 22.1 Å². The molecule has 4 rings (SSSR count). The van der Waals surface area contributed by atoms with Crippen LogP contribution in [0.3, 0.4) is 0 Å². The SMILES string of the molecule is COCCNc1nc(NCCc2c[nH]c3ccc(O)cc23)nc2nc[nH]c12. The zero-order valence-electron chi connectivity index (χ0n) is 14.9. The van der Waals surface area contributed by atoms with Crippen LogP contribution in [-0.4, -0.2) is 56.8 Å². The van der Waals surface area contributed by atoms with Crippen LogP contribution in [0, 0.1) is 0 Å². The number of rotatable bonds is 8. The van der Waals surface area contributed by atoms with Crippen molar-refractivity contribution in [2.24, 2.45) is 0 Å². The second-order valence-corrected chi connectivity index (χ2v) is 6.14. The van der Waals surface area contributed by atoms with Gasteiger partial charge in [0.15, 0.2) is 11.5 Å². The van der Waals surface area contributed by atoms with Crippen molar-refractivity contribution in [2.45, 2.75) is 6.42 Å². The van der Waals surface area contributed by atoms with Crippen molar-refractivity contribution in [3.8, 4) is 5.75 Å². The lowest BCUT2D eigenvalue weighted by atomic mass is 10.1. The molecule has 0 unspecified atom stereocenters. The highest BCUT2D eigenvalue weighted by atomic mass is 16.5. The number of imidazole rings is 1. The minimum Gasteiger partial charge on any atom is -0.508 e. The number of nitrogens with one attached hydrogen (secondary N) is 4. The van der Waals surface area contributed by atoms with Crippen LogP contribution >= 0.6 is 0 Å². The minimum absolute atomic E-state index is 0.260. The second kappa shape index (κ2) is 7.50. The smallest absolute Gasteiger partial charge is 0.226 e. The number of H-pyrrole nitrogens is 2. The first-order chi connectivity index (χ1) is 13.2. The predicted molar refractivity (Wildman–Crippen MR) is 104 cm³/mol. The summed E-state index contributed by atoms with van der Waals surface area (Å²) in [4.78, 5) is 19.5. The standard InChI is InChI=1S/C18H21N7O2/c1-27-7-6-19-16-15-17(23-10-22-15)25-18(24-16)20-5-4-11-9-21-14-3-2-12(26)8-13(11)14/h2-3,8-10,21,26H,4-7H2,1H3,(H3,19,20,22,23,24,25). The fraction of sp³-hybridized carbons (Fsp3) is 0.278. The lowest BCUT2D eigenvalue weighted by Crippen LogP contribution is -2.12. The Morgan fingerprint density at radius 1 is 1.15 bits per heavy atom. The van der Waals surface area contributed by atoms with Crippen molar-refractivity contribution >= 4 is 33.8 Å². The first-order valence-corrected chi connectivity index (χ1v) is 8.71. The molecule has 0 aliphatic heterocycles. The highest BCUT2D eigenvalue weighted by Gasteiger charge is 2.10. The molecule has 0 atom stereocenters. The number of phenolic OH excluding ortho intramolecular Hbond substituents is 1. The Labute approximate surface area is 155 Å². The molecule has 3 aromatic heterocycles. The van der Waals surface area contributed by atoms with Gasteiger partial charge in [-0.2, -0.15) is 9.97 Å². The summed E-state index contributed by atoms with van der Waals surface area (Å²) in [7, 11) is 1.66. The van der Waals surface area contributed by atoms with Gasteiger partial charge in [0.25, 0.3) is 0 Å². The zero-order chi connectivity index (χ0) is 18.6. The van der Waals surface area contributed by atoms with Gasteiger partial charge in [-0.3, -0.25) is 0 Å². The Morgan fingerprint density at radius 2 is 2.07 bits per heavy atom. The van der Waals surface area contributed by atoms with E-state index in [0.717, 1.165) is 28.4 Å². The predicted octanol–water partition coefficient (Wildman–Crippen LogP) is 2.25. The second-order valence-electron chi connectivity index (χ2n) is 6.14. The molecule has 0 saturated heterocycles. The van der Waals surface area contributed by atoms with Crippen LogP contribution in [0.4, 0.5) is 11.8 Å². The van der Waals surface area contributed by atoms with E-state index in [2.05, 4.69) is 35.6 Å². The molecule has 0 spiro atoms. The van der Waals surface area contributed by atoms with Crippen LogP contribution in [0.5, 0.6) is 5.75 Å². The molecule has 1 aromatic carbocycles. The Balaban J connectivity index is 1.47. The van der Waals surface area contributed by atoms with Gasteiger partial charge in [-0.15, -0.1) is 0 Å². The molecule has 0 fully saturated rings. The van der Waals surface area contributed by atoms with Crippen molar-refractivity contribution in [3.63, 3.8) is 0 Å². The maximum absolute atomic E-state index is 9.70. The Kier molecular flexibility index (Phi) is 4.75. The first kappa shape index (κ1) is 17.1. The van der Waals surface area contributed by atoms with Gasteiger partial charge < -0.3 is 30.4 Å². The van der Waals surface area contributed by atoms with E-state index in [9.17, 15) is 5.11 Å². The van der Waals surface area contributed by atoms with E-state index in [1.807, 2.05) is 12.3 Å². The van der Waals surface area contributed by atoms with E-state index in [1.54, 1.807) is 25.6 Å². The van der Waals surface area contributed by atoms with Crippen molar-refractivity contribution in [1.29, 1.82) is 0 Å². The monoisotopic (exact) mass is 367 g/mol.